The van der Waals surface area contributed by atoms with Crippen molar-refractivity contribution in [1.29, 1.82) is 0 Å². The van der Waals surface area contributed by atoms with Gasteiger partial charge in [-0.05, 0) is 29.7 Å². The molecule has 3 rings (SSSR count). The van der Waals surface area contributed by atoms with Crippen molar-refractivity contribution in [2.24, 2.45) is 7.05 Å². The molecule has 0 amide bonds. The van der Waals surface area contributed by atoms with Gasteiger partial charge in [-0.25, -0.2) is 9.97 Å². The summed E-state index contributed by atoms with van der Waals surface area (Å²) in [7, 11) is 2.01. The Morgan fingerprint density at radius 1 is 1.11 bits per heavy atom. The molecule has 0 unspecified atom stereocenters. The van der Waals surface area contributed by atoms with Gasteiger partial charge in [0, 0.05) is 18.8 Å². The summed E-state index contributed by atoms with van der Waals surface area (Å²) in [4.78, 5) is 9.07. The Labute approximate surface area is 112 Å². The summed E-state index contributed by atoms with van der Waals surface area (Å²) >= 11 is 0. The zero-order chi connectivity index (χ0) is 13.4. The van der Waals surface area contributed by atoms with E-state index < -0.39 is 0 Å². The molecule has 2 heterocycles. The lowest BCUT2D eigenvalue weighted by Crippen LogP contribution is -1.95. The van der Waals surface area contributed by atoms with Crippen molar-refractivity contribution in [3.05, 3.63) is 48.2 Å². The van der Waals surface area contributed by atoms with E-state index in [-0.39, 0.29) is 0 Å². The van der Waals surface area contributed by atoms with Crippen molar-refractivity contribution in [1.82, 2.24) is 14.5 Å². The number of aromatic nitrogens is 3. The molecule has 0 aliphatic carbocycles. The number of imidazole rings is 1. The van der Waals surface area contributed by atoms with Crippen molar-refractivity contribution >= 4 is 11.2 Å². The van der Waals surface area contributed by atoms with Crippen molar-refractivity contribution in [2.75, 3.05) is 0 Å². The number of pyridine rings is 1. The number of benzene rings is 1. The number of rotatable bonds is 2. The van der Waals surface area contributed by atoms with Crippen LogP contribution in [0.1, 0.15) is 25.3 Å². The molecule has 0 aliphatic heterocycles. The summed E-state index contributed by atoms with van der Waals surface area (Å²) in [6.07, 6.45) is 1.80. The summed E-state index contributed by atoms with van der Waals surface area (Å²) in [5.74, 6) is 1.49. The average Bonchev–Trinajstić information content (AvgIpc) is 2.77. The second-order valence-corrected chi connectivity index (χ2v) is 5.12. The van der Waals surface area contributed by atoms with Gasteiger partial charge in [0.25, 0.3) is 0 Å². The van der Waals surface area contributed by atoms with E-state index in [2.05, 4.69) is 52.6 Å². The highest BCUT2D eigenvalue weighted by molar-refractivity contribution is 5.76. The van der Waals surface area contributed by atoms with Crippen LogP contribution < -0.4 is 0 Å². The highest BCUT2D eigenvalue weighted by atomic mass is 15.1. The number of nitrogens with zero attached hydrogens (tertiary/aromatic N) is 3. The lowest BCUT2D eigenvalue weighted by Gasteiger charge is -2.08. The molecule has 0 spiro atoms. The van der Waals surface area contributed by atoms with E-state index in [9.17, 15) is 0 Å². The minimum Gasteiger partial charge on any atom is -0.312 e. The SMILES string of the molecule is CC(C)c1cccc(-c2nc3cccnc3n2C)c1. The summed E-state index contributed by atoms with van der Waals surface area (Å²) < 4.78 is 2.05. The first-order chi connectivity index (χ1) is 9.16. The van der Waals surface area contributed by atoms with Crippen LogP contribution in [0.15, 0.2) is 42.6 Å². The second-order valence-electron chi connectivity index (χ2n) is 5.12. The zero-order valence-electron chi connectivity index (χ0n) is 11.5. The molecule has 3 heteroatoms. The van der Waals surface area contributed by atoms with Crippen LogP contribution in [0.25, 0.3) is 22.6 Å². The third-order valence-electron chi connectivity index (χ3n) is 3.44. The molecule has 0 atom stereocenters. The Morgan fingerprint density at radius 2 is 1.95 bits per heavy atom. The van der Waals surface area contributed by atoms with Crippen LogP contribution in [-0.4, -0.2) is 14.5 Å². The van der Waals surface area contributed by atoms with E-state index in [0.29, 0.717) is 5.92 Å². The van der Waals surface area contributed by atoms with Crippen molar-refractivity contribution in [3.8, 4) is 11.4 Å². The summed E-state index contributed by atoms with van der Waals surface area (Å²) in [6, 6.07) is 12.5. The van der Waals surface area contributed by atoms with Gasteiger partial charge in [0.15, 0.2) is 5.65 Å². The fourth-order valence-corrected chi connectivity index (χ4v) is 2.32. The molecule has 3 aromatic rings. The molecular formula is C16H17N3. The first kappa shape index (κ1) is 11.9. The maximum atomic E-state index is 4.68. The van der Waals surface area contributed by atoms with Crippen molar-refractivity contribution in [2.45, 2.75) is 19.8 Å². The van der Waals surface area contributed by atoms with Gasteiger partial charge in [0.2, 0.25) is 0 Å². The number of hydrogen-bond acceptors (Lipinski definition) is 2. The number of fused-ring (bicyclic) bond motifs is 1. The molecule has 0 radical (unpaired) electrons. The molecule has 2 aromatic heterocycles. The minimum atomic E-state index is 0.521. The van der Waals surface area contributed by atoms with Gasteiger partial charge in [0.05, 0.1) is 0 Å². The van der Waals surface area contributed by atoms with E-state index in [1.165, 1.54) is 5.56 Å². The lowest BCUT2D eigenvalue weighted by molar-refractivity contribution is 0.865. The van der Waals surface area contributed by atoms with Gasteiger partial charge in [-0.15, -0.1) is 0 Å². The van der Waals surface area contributed by atoms with Gasteiger partial charge < -0.3 is 4.57 Å². The average molecular weight is 251 g/mol. The van der Waals surface area contributed by atoms with E-state index in [0.717, 1.165) is 22.6 Å². The Bertz CT molecular complexity index is 726. The number of aryl methyl sites for hydroxylation is 1. The smallest absolute Gasteiger partial charge is 0.159 e. The second kappa shape index (κ2) is 4.50. The van der Waals surface area contributed by atoms with E-state index in [1.54, 1.807) is 6.20 Å². The topological polar surface area (TPSA) is 30.7 Å². The monoisotopic (exact) mass is 251 g/mol. The third kappa shape index (κ3) is 2.01. The minimum absolute atomic E-state index is 0.521. The normalized spacial score (nSPS) is 11.4. The maximum Gasteiger partial charge on any atom is 0.159 e. The Hall–Kier alpha value is -2.16. The summed E-state index contributed by atoms with van der Waals surface area (Å²) in [5, 5.41) is 0. The van der Waals surface area contributed by atoms with E-state index in [4.69, 9.17) is 0 Å². The fourth-order valence-electron chi connectivity index (χ4n) is 2.32. The molecule has 0 saturated carbocycles. The van der Waals surface area contributed by atoms with Crippen LogP contribution >= 0.6 is 0 Å². The standard InChI is InChI=1S/C16H17N3/c1-11(2)12-6-4-7-13(10-12)15-18-14-8-5-9-17-16(14)19(15)3/h4-11H,1-3H3. The molecule has 0 saturated heterocycles. The molecule has 1 aromatic carbocycles. The van der Waals surface area contributed by atoms with Crippen molar-refractivity contribution in [3.63, 3.8) is 0 Å². The fraction of sp³-hybridized carbons (Fsp3) is 0.250. The summed E-state index contributed by atoms with van der Waals surface area (Å²) in [6.45, 7) is 4.41. The molecule has 96 valence electrons. The molecule has 3 nitrogen and oxygen atoms in total. The van der Waals surface area contributed by atoms with Crippen molar-refractivity contribution < 1.29 is 0 Å². The first-order valence-corrected chi connectivity index (χ1v) is 6.54. The van der Waals surface area contributed by atoms with Gasteiger partial charge in [-0.1, -0.05) is 32.0 Å². The summed E-state index contributed by atoms with van der Waals surface area (Å²) in [5.41, 5.74) is 4.34. The van der Waals surface area contributed by atoms with Crippen LogP contribution in [0.5, 0.6) is 0 Å². The van der Waals surface area contributed by atoms with Gasteiger partial charge in [-0.2, -0.15) is 0 Å². The number of hydrogen-bond donors (Lipinski definition) is 0. The predicted octanol–water partition coefficient (Wildman–Crippen LogP) is 3.76. The van der Waals surface area contributed by atoms with Gasteiger partial charge in [-0.3, -0.25) is 0 Å². The largest absolute Gasteiger partial charge is 0.312 e. The molecule has 19 heavy (non-hydrogen) atoms. The Balaban J connectivity index is 2.19. The van der Waals surface area contributed by atoms with Crippen LogP contribution in [0.4, 0.5) is 0 Å². The highest BCUT2D eigenvalue weighted by Gasteiger charge is 2.11. The van der Waals surface area contributed by atoms with Gasteiger partial charge >= 0.3 is 0 Å². The lowest BCUT2D eigenvalue weighted by atomic mass is 10.0. The van der Waals surface area contributed by atoms with Gasteiger partial charge in [0.1, 0.15) is 11.3 Å². The first-order valence-electron chi connectivity index (χ1n) is 6.54. The zero-order valence-corrected chi connectivity index (χ0v) is 11.5. The van der Waals surface area contributed by atoms with Crippen LogP contribution in [0.3, 0.4) is 0 Å². The molecule has 0 aliphatic rings. The van der Waals surface area contributed by atoms with E-state index >= 15 is 0 Å². The van der Waals surface area contributed by atoms with Crippen LogP contribution in [-0.2, 0) is 7.05 Å². The highest BCUT2D eigenvalue weighted by Crippen LogP contribution is 2.25. The molecule has 0 fully saturated rings. The maximum absolute atomic E-state index is 4.68. The Kier molecular flexibility index (Phi) is 2.82. The third-order valence-corrected chi connectivity index (χ3v) is 3.44. The quantitative estimate of drug-likeness (QED) is 0.694. The van der Waals surface area contributed by atoms with Crippen LogP contribution in [0.2, 0.25) is 0 Å². The van der Waals surface area contributed by atoms with E-state index in [1.807, 2.05) is 19.2 Å². The predicted molar refractivity (Wildman–Crippen MR) is 78.0 cm³/mol. The molecule has 0 N–H and O–H groups in total. The molecular weight excluding hydrogens is 234 g/mol. The molecule has 0 bridgehead atoms. The Morgan fingerprint density at radius 3 is 2.68 bits per heavy atom. The van der Waals surface area contributed by atoms with Crippen LogP contribution in [0, 0.1) is 0 Å².